The molecule has 3 aromatic rings. The second kappa shape index (κ2) is 9.29. The number of anilines is 1. The first kappa shape index (κ1) is 22.6. The zero-order valence-corrected chi connectivity index (χ0v) is 20.1. The number of piperazine rings is 1. The van der Waals surface area contributed by atoms with Crippen LogP contribution in [0, 0.1) is 0 Å². The third kappa shape index (κ3) is 4.41. The van der Waals surface area contributed by atoms with Crippen LogP contribution in [0.3, 0.4) is 0 Å². The number of nitrogens with zero attached hydrogens (tertiary/aromatic N) is 4. The third-order valence-electron chi connectivity index (χ3n) is 7.49. The molecule has 36 heavy (non-hydrogen) atoms. The number of fused-ring (bicyclic) bond motifs is 2. The van der Waals surface area contributed by atoms with E-state index >= 15 is 0 Å². The Bertz CT molecular complexity index is 1300. The maximum absolute atomic E-state index is 13.2. The van der Waals surface area contributed by atoms with Crippen molar-refractivity contribution in [2.75, 3.05) is 37.9 Å². The molecule has 9 heteroatoms. The average molecular weight is 488 g/mol. The SMILES string of the molecule is O=C1CCC(CCC(=O)N2CCN(c3ncnc4ccccc34)CC2)(Cc2ccc3c(c2)OCO3)N1. The Morgan fingerprint density at radius 3 is 2.69 bits per heavy atom. The zero-order chi connectivity index (χ0) is 24.5. The van der Waals surface area contributed by atoms with Crippen LogP contribution in [0.15, 0.2) is 48.8 Å². The van der Waals surface area contributed by atoms with Crippen molar-refractivity contribution in [1.29, 1.82) is 0 Å². The van der Waals surface area contributed by atoms with Gasteiger partial charge in [0.25, 0.3) is 0 Å². The highest BCUT2D eigenvalue weighted by Gasteiger charge is 2.38. The highest BCUT2D eigenvalue weighted by atomic mass is 16.7. The Balaban J connectivity index is 1.08. The molecule has 0 bridgehead atoms. The molecule has 2 amide bonds. The summed E-state index contributed by atoms with van der Waals surface area (Å²) in [6.45, 7) is 2.99. The molecule has 9 nitrogen and oxygen atoms in total. The van der Waals surface area contributed by atoms with E-state index in [9.17, 15) is 9.59 Å². The number of nitrogens with one attached hydrogen (secondary N) is 1. The number of carbonyl (C=O) groups is 2. The summed E-state index contributed by atoms with van der Waals surface area (Å²) in [4.78, 5) is 38.4. The van der Waals surface area contributed by atoms with Crippen molar-refractivity contribution in [2.45, 2.75) is 37.6 Å². The lowest BCUT2D eigenvalue weighted by Crippen LogP contribution is -2.50. The molecule has 0 radical (unpaired) electrons. The largest absolute Gasteiger partial charge is 0.454 e. The maximum Gasteiger partial charge on any atom is 0.231 e. The van der Waals surface area contributed by atoms with Crippen molar-refractivity contribution in [3.8, 4) is 11.5 Å². The number of carbonyl (C=O) groups excluding carboxylic acids is 2. The predicted octanol–water partition coefficient (Wildman–Crippen LogP) is 2.68. The fraction of sp³-hybridized carbons (Fsp3) is 0.407. The minimum Gasteiger partial charge on any atom is -0.454 e. The predicted molar refractivity (Wildman–Crippen MR) is 134 cm³/mol. The lowest BCUT2D eigenvalue weighted by atomic mass is 9.84. The van der Waals surface area contributed by atoms with Crippen LogP contribution in [0.5, 0.6) is 11.5 Å². The first-order valence-corrected chi connectivity index (χ1v) is 12.5. The van der Waals surface area contributed by atoms with E-state index < -0.39 is 5.54 Å². The van der Waals surface area contributed by atoms with E-state index in [4.69, 9.17) is 9.47 Å². The van der Waals surface area contributed by atoms with E-state index in [0.29, 0.717) is 38.8 Å². The number of benzene rings is 2. The summed E-state index contributed by atoms with van der Waals surface area (Å²) in [6, 6.07) is 13.9. The van der Waals surface area contributed by atoms with Crippen molar-refractivity contribution >= 4 is 28.5 Å². The number of aromatic nitrogens is 2. The number of amides is 2. The van der Waals surface area contributed by atoms with Crippen LogP contribution in [0.1, 0.15) is 31.2 Å². The first-order valence-electron chi connectivity index (χ1n) is 12.5. The summed E-state index contributed by atoms with van der Waals surface area (Å²) in [5, 5.41) is 4.21. The van der Waals surface area contributed by atoms with Gasteiger partial charge in [0, 0.05) is 49.9 Å². The molecule has 1 aromatic heterocycles. The maximum atomic E-state index is 13.2. The highest BCUT2D eigenvalue weighted by Crippen LogP contribution is 2.36. The Hall–Kier alpha value is -3.88. The van der Waals surface area contributed by atoms with Crippen LogP contribution in [0.4, 0.5) is 5.82 Å². The van der Waals surface area contributed by atoms with Gasteiger partial charge in [0.15, 0.2) is 11.5 Å². The van der Waals surface area contributed by atoms with Crippen LogP contribution in [-0.2, 0) is 16.0 Å². The van der Waals surface area contributed by atoms with Crippen LogP contribution < -0.4 is 19.7 Å². The Morgan fingerprint density at radius 2 is 1.86 bits per heavy atom. The minimum absolute atomic E-state index is 0.0499. The first-order chi connectivity index (χ1) is 17.6. The summed E-state index contributed by atoms with van der Waals surface area (Å²) in [5.41, 5.74) is 1.58. The van der Waals surface area contributed by atoms with Crippen molar-refractivity contribution in [2.24, 2.45) is 0 Å². The monoisotopic (exact) mass is 487 g/mol. The average Bonchev–Trinajstić information content (AvgIpc) is 3.53. The van der Waals surface area contributed by atoms with E-state index in [2.05, 4.69) is 20.2 Å². The highest BCUT2D eigenvalue weighted by molar-refractivity contribution is 5.89. The fourth-order valence-corrected chi connectivity index (χ4v) is 5.54. The molecule has 0 aliphatic carbocycles. The second-order valence-corrected chi connectivity index (χ2v) is 9.78. The summed E-state index contributed by atoms with van der Waals surface area (Å²) in [6.07, 6.45) is 4.50. The number of hydrogen-bond donors (Lipinski definition) is 1. The van der Waals surface area contributed by atoms with Crippen molar-refractivity contribution in [1.82, 2.24) is 20.2 Å². The van der Waals surface area contributed by atoms with Gasteiger partial charge in [-0.1, -0.05) is 18.2 Å². The molecule has 3 aliphatic rings. The molecule has 2 aromatic carbocycles. The summed E-state index contributed by atoms with van der Waals surface area (Å²) < 4.78 is 10.9. The number of hydrogen-bond acceptors (Lipinski definition) is 7. The summed E-state index contributed by atoms with van der Waals surface area (Å²) in [7, 11) is 0. The number of para-hydroxylation sites is 1. The van der Waals surface area contributed by atoms with Crippen molar-refractivity contribution < 1.29 is 19.1 Å². The zero-order valence-electron chi connectivity index (χ0n) is 20.1. The van der Waals surface area contributed by atoms with Crippen LogP contribution in [0.25, 0.3) is 10.9 Å². The van der Waals surface area contributed by atoms with Crippen LogP contribution >= 0.6 is 0 Å². The van der Waals surface area contributed by atoms with Gasteiger partial charge >= 0.3 is 0 Å². The van der Waals surface area contributed by atoms with Gasteiger partial charge in [0.05, 0.1) is 5.52 Å². The number of ether oxygens (including phenoxy) is 2. The lowest BCUT2D eigenvalue weighted by molar-refractivity contribution is -0.132. The molecule has 2 fully saturated rings. The molecule has 0 saturated carbocycles. The van der Waals surface area contributed by atoms with Crippen LogP contribution in [-0.4, -0.2) is 65.2 Å². The van der Waals surface area contributed by atoms with E-state index in [1.165, 1.54) is 0 Å². The van der Waals surface area contributed by atoms with Crippen LogP contribution in [0.2, 0.25) is 0 Å². The molecule has 0 spiro atoms. The van der Waals surface area contributed by atoms with E-state index in [1.807, 2.05) is 47.4 Å². The van der Waals surface area contributed by atoms with Gasteiger partial charge in [0.2, 0.25) is 18.6 Å². The van der Waals surface area contributed by atoms with Gasteiger partial charge < -0.3 is 24.6 Å². The molecule has 3 aliphatic heterocycles. The van der Waals surface area contributed by atoms with Crippen molar-refractivity contribution in [3.63, 3.8) is 0 Å². The molecule has 1 atom stereocenters. The second-order valence-electron chi connectivity index (χ2n) is 9.78. The van der Waals surface area contributed by atoms with Gasteiger partial charge in [-0.05, 0) is 49.1 Å². The molecule has 4 heterocycles. The van der Waals surface area contributed by atoms with Gasteiger partial charge in [-0.2, -0.15) is 0 Å². The van der Waals surface area contributed by atoms with E-state index in [1.54, 1.807) is 6.33 Å². The van der Waals surface area contributed by atoms with Gasteiger partial charge in [-0.3, -0.25) is 9.59 Å². The Kier molecular flexibility index (Phi) is 5.83. The standard InChI is InChI=1S/C27H29N5O4/c33-24-7-9-27(30-24,16-19-5-6-22-23(15-19)36-18-35-22)10-8-25(34)31-11-13-32(14-12-31)26-20-3-1-2-4-21(20)28-17-29-26/h1-6,15,17H,7-14,16,18H2,(H,30,33). The topological polar surface area (TPSA) is 96.9 Å². The molecule has 6 rings (SSSR count). The van der Waals surface area contributed by atoms with E-state index in [-0.39, 0.29) is 18.6 Å². The lowest BCUT2D eigenvalue weighted by Gasteiger charge is -2.36. The van der Waals surface area contributed by atoms with Crippen molar-refractivity contribution in [3.05, 3.63) is 54.4 Å². The molecule has 2 saturated heterocycles. The molecule has 1 unspecified atom stereocenters. The van der Waals surface area contributed by atoms with Gasteiger partial charge in [0.1, 0.15) is 12.1 Å². The molecular formula is C27H29N5O4. The quantitative estimate of drug-likeness (QED) is 0.571. The normalized spacial score (nSPS) is 21.2. The Morgan fingerprint density at radius 1 is 1.03 bits per heavy atom. The molecular weight excluding hydrogens is 458 g/mol. The Labute approximate surface area is 209 Å². The third-order valence-corrected chi connectivity index (χ3v) is 7.49. The molecule has 1 N–H and O–H groups in total. The number of rotatable bonds is 6. The molecule has 186 valence electrons. The smallest absolute Gasteiger partial charge is 0.231 e. The summed E-state index contributed by atoms with van der Waals surface area (Å²) >= 11 is 0. The van der Waals surface area contributed by atoms with E-state index in [0.717, 1.165) is 53.3 Å². The van der Waals surface area contributed by atoms with Gasteiger partial charge in [-0.25, -0.2) is 9.97 Å². The fourth-order valence-electron chi connectivity index (χ4n) is 5.54. The summed E-state index contributed by atoms with van der Waals surface area (Å²) in [5.74, 6) is 2.58. The minimum atomic E-state index is -0.415. The van der Waals surface area contributed by atoms with Gasteiger partial charge in [-0.15, -0.1) is 0 Å².